The van der Waals surface area contributed by atoms with Crippen molar-refractivity contribution in [2.75, 3.05) is 13.6 Å². The second-order valence-corrected chi connectivity index (χ2v) is 6.37. The Bertz CT molecular complexity index is 449. The summed E-state index contributed by atoms with van der Waals surface area (Å²) in [5.41, 5.74) is 6.00. The molecule has 0 fully saturated rings. The van der Waals surface area contributed by atoms with Gasteiger partial charge in [-0.3, -0.25) is 0 Å². The van der Waals surface area contributed by atoms with Crippen LogP contribution in [0.2, 0.25) is 0 Å². The molecule has 19 heavy (non-hydrogen) atoms. The first-order valence-corrected chi connectivity index (χ1v) is 6.87. The Morgan fingerprint density at radius 3 is 2.68 bits per heavy atom. The zero-order valence-electron chi connectivity index (χ0n) is 9.99. The van der Waals surface area contributed by atoms with E-state index < -0.39 is 17.9 Å². The molecule has 0 aliphatic heterocycles. The van der Waals surface area contributed by atoms with Gasteiger partial charge in [-0.2, -0.15) is 13.2 Å². The van der Waals surface area contributed by atoms with Crippen molar-refractivity contribution >= 4 is 33.1 Å². The molecular weight excluding hydrogens is 347 g/mol. The van der Waals surface area contributed by atoms with E-state index in [2.05, 4.69) is 21.1 Å². The highest BCUT2D eigenvalue weighted by Crippen LogP contribution is 2.28. The topological polar surface area (TPSA) is 61.8 Å². The van der Waals surface area contributed by atoms with Gasteiger partial charge in [0.1, 0.15) is 5.92 Å². The maximum absolute atomic E-state index is 12.8. The van der Waals surface area contributed by atoms with Gasteiger partial charge >= 0.3 is 6.18 Å². The van der Waals surface area contributed by atoms with Crippen molar-refractivity contribution in [3.05, 3.63) is 20.8 Å². The minimum atomic E-state index is -4.54. The Hall–Kier alpha value is -0.800. The van der Waals surface area contributed by atoms with Crippen LogP contribution in [0, 0.1) is 5.92 Å². The SMILES string of the molecule is CN(Cc1csc(Br)c1)CC(C(N)=NO)C(F)(F)F. The number of hydrogen-bond acceptors (Lipinski definition) is 4. The van der Waals surface area contributed by atoms with Crippen LogP contribution >= 0.6 is 27.3 Å². The first-order chi connectivity index (χ1) is 8.74. The van der Waals surface area contributed by atoms with Crippen molar-refractivity contribution in [1.82, 2.24) is 4.90 Å². The summed E-state index contributed by atoms with van der Waals surface area (Å²) >= 11 is 4.75. The van der Waals surface area contributed by atoms with Gasteiger partial charge in [0, 0.05) is 13.1 Å². The molecule has 4 nitrogen and oxygen atoms in total. The predicted molar refractivity (Wildman–Crippen MR) is 71.3 cm³/mol. The first-order valence-electron chi connectivity index (χ1n) is 5.19. The minimum absolute atomic E-state index is 0.355. The van der Waals surface area contributed by atoms with E-state index in [1.165, 1.54) is 16.2 Å². The van der Waals surface area contributed by atoms with Gasteiger partial charge in [-0.1, -0.05) is 5.16 Å². The number of nitrogens with two attached hydrogens (primary N) is 1. The molecule has 1 atom stereocenters. The third-order valence-electron chi connectivity index (χ3n) is 2.44. The lowest BCUT2D eigenvalue weighted by molar-refractivity contribution is -0.159. The zero-order valence-corrected chi connectivity index (χ0v) is 12.4. The van der Waals surface area contributed by atoms with E-state index in [0.29, 0.717) is 6.54 Å². The molecule has 1 rings (SSSR count). The second kappa shape index (κ2) is 6.58. The fraction of sp³-hybridized carbons (Fsp3) is 0.500. The van der Waals surface area contributed by atoms with Crippen LogP contribution in [0.4, 0.5) is 13.2 Å². The van der Waals surface area contributed by atoms with Gasteiger partial charge in [0.15, 0.2) is 5.84 Å². The van der Waals surface area contributed by atoms with Gasteiger partial charge in [-0.25, -0.2) is 0 Å². The van der Waals surface area contributed by atoms with E-state index in [1.807, 2.05) is 11.4 Å². The van der Waals surface area contributed by atoms with Crippen LogP contribution in [0.25, 0.3) is 0 Å². The smallest absolute Gasteiger partial charge is 0.400 e. The molecule has 108 valence electrons. The van der Waals surface area contributed by atoms with Crippen LogP contribution in [0.15, 0.2) is 20.4 Å². The molecule has 0 amide bonds. The number of thiophene rings is 1. The lowest BCUT2D eigenvalue weighted by atomic mass is 10.1. The van der Waals surface area contributed by atoms with Crippen LogP contribution in [-0.2, 0) is 6.54 Å². The van der Waals surface area contributed by atoms with E-state index in [1.54, 1.807) is 7.05 Å². The number of amidine groups is 1. The van der Waals surface area contributed by atoms with Gasteiger partial charge in [0.2, 0.25) is 0 Å². The van der Waals surface area contributed by atoms with Gasteiger partial charge < -0.3 is 15.8 Å². The molecule has 0 radical (unpaired) electrons. The van der Waals surface area contributed by atoms with Crippen molar-refractivity contribution in [3.63, 3.8) is 0 Å². The maximum atomic E-state index is 12.8. The summed E-state index contributed by atoms with van der Waals surface area (Å²) < 4.78 is 39.2. The summed E-state index contributed by atoms with van der Waals surface area (Å²) in [6.45, 7) is -0.0136. The molecule has 0 aliphatic carbocycles. The number of rotatable bonds is 5. The Labute approximate surface area is 120 Å². The third kappa shape index (κ3) is 5.00. The summed E-state index contributed by atoms with van der Waals surface area (Å²) in [5, 5.41) is 12.7. The highest BCUT2D eigenvalue weighted by atomic mass is 79.9. The van der Waals surface area contributed by atoms with E-state index in [4.69, 9.17) is 10.9 Å². The van der Waals surface area contributed by atoms with Crippen molar-refractivity contribution in [2.45, 2.75) is 12.7 Å². The Morgan fingerprint density at radius 2 is 2.26 bits per heavy atom. The molecule has 1 unspecified atom stereocenters. The number of alkyl halides is 3. The average Bonchev–Trinajstić information content (AvgIpc) is 2.69. The molecule has 0 aromatic carbocycles. The Balaban J connectivity index is 2.69. The molecular formula is C10H13BrF3N3OS. The molecule has 0 saturated heterocycles. The third-order valence-corrected chi connectivity index (χ3v) is 3.99. The molecule has 0 spiro atoms. The van der Waals surface area contributed by atoms with Crippen molar-refractivity contribution < 1.29 is 18.4 Å². The summed E-state index contributed by atoms with van der Waals surface area (Å²) in [7, 11) is 1.55. The average molecular weight is 360 g/mol. The Morgan fingerprint density at radius 1 is 1.63 bits per heavy atom. The summed E-state index contributed by atoms with van der Waals surface area (Å²) in [6.07, 6.45) is -4.54. The van der Waals surface area contributed by atoms with Crippen molar-refractivity contribution in [1.29, 1.82) is 0 Å². The van der Waals surface area contributed by atoms with E-state index in [-0.39, 0.29) is 6.54 Å². The van der Waals surface area contributed by atoms with Gasteiger partial charge in [-0.15, -0.1) is 11.3 Å². The van der Waals surface area contributed by atoms with E-state index >= 15 is 0 Å². The molecule has 0 saturated carbocycles. The van der Waals surface area contributed by atoms with E-state index in [9.17, 15) is 13.2 Å². The zero-order chi connectivity index (χ0) is 14.6. The molecule has 1 aromatic rings. The normalized spacial score (nSPS) is 14.9. The molecule has 0 aliphatic rings. The van der Waals surface area contributed by atoms with Gasteiger partial charge in [0.25, 0.3) is 0 Å². The maximum Gasteiger partial charge on any atom is 0.400 e. The number of nitrogens with zero attached hydrogens (tertiary/aromatic N) is 2. The number of halogens is 4. The highest BCUT2D eigenvalue weighted by Gasteiger charge is 2.43. The van der Waals surface area contributed by atoms with E-state index in [0.717, 1.165) is 9.35 Å². The minimum Gasteiger partial charge on any atom is -0.409 e. The van der Waals surface area contributed by atoms with Crippen molar-refractivity contribution in [2.24, 2.45) is 16.8 Å². The van der Waals surface area contributed by atoms with Crippen molar-refractivity contribution in [3.8, 4) is 0 Å². The fourth-order valence-electron chi connectivity index (χ4n) is 1.55. The van der Waals surface area contributed by atoms with Crippen LogP contribution in [0.3, 0.4) is 0 Å². The standard InChI is InChI=1S/C10H13BrF3N3OS/c1-17(3-6-2-8(11)19-5-6)4-7(9(15)16-18)10(12,13)14/h2,5,7,18H,3-4H2,1H3,(H2,15,16). The molecule has 3 N–H and O–H groups in total. The monoisotopic (exact) mass is 359 g/mol. The summed E-state index contributed by atoms with van der Waals surface area (Å²) in [4.78, 5) is 1.48. The molecule has 9 heteroatoms. The lowest BCUT2D eigenvalue weighted by Gasteiger charge is -2.24. The fourth-order valence-corrected chi connectivity index (χ4v) is 2.75. The Kier molecular flexibility index (Phi) is 5.63. The summed E-state index contributed by atoms with van der Waals surface area (Å²) in [6, 6.07) is 1.84. The van der Waals surface area contributed by atoms with Gasteiger partial charge in [0.05, 0.1) is 3.79 Å². The highest BCUT2D eigenvalue weighted by molar-refractivity contribution is 9.11. The molecule has 1 aromatic heterocycles. The molecule has 1 heterocycles. The summed E-state index contributed by atoms with van der Waals surface area (Å²) in [5.74, 6) is -2.81. The number of hydrogen-bond donors (Lipinski definition) is 2. The van der Waals surface area contributed by atoms with Crippen LogP contribution < -0.4 is 5.73 Å². The van der Waals surface area contributed by atoms with Gasteiger partial charge in [-0.05, 0) is 40.0 Å². The number of oxime groups is 1. The van der Waals surface area contributed by atoms with Crippen LogP contribution in [0.5, 0.6) is 0 Å². The largest absolute Gasteiger partial charge is 0.409 e. The van der Waals surface area contributed by atoms with Crippen LogP contribution in [-0.4, -0.2) is 35.7 Å². The quantitative estimate of drug-likeness (QED) is 0.367. The second-order valence-electron chi connectivity index (χ2n) is 4.07. The first kappa shape index (κ1) is 16.3. The molecule has 0 bridgehead atoms. The van der Waals surface area contributed by atoms with Crippen LogP contribution in [0.1, 0.15) is 5.56 Å². The predicted octanol–water partition coefficient (Wildman–Crippen LogP) is 2.87. The lowest BCUT2D eigenvalue weighted by Crippen LogP contribution is -2.43.